The number of aliphatic hydroxyl groups is 1. The number of likely N-dealkylation sites (tertiary alicyclic amines) is 1. The zero-order valence-corrected chi connectivity index (χ0v) is 19.2. The molecule has 172 valence electrons. The number of ketones is 1. The van der Waals surface area contributed by atoms with E-state index in [0.717, 1.165) is 4.47 Å². The third kappa shape index (κ3) is 4.82. The first-order valence-electron chi connectivity index (χ1n) is 10.5. The topological polar surface area (TPSA) is 113 Å². The molecule has 2 fully saturated rings. The van der Waals surface area contributed by atoms with Crippen molar-refractivity contribution in [3.8, 4) is 0 Å². The third-order valence-corrected chi connectivity index (χ3v) is 6.34. The first-order valence-corrected chi connectivity index (χ1v) is 11.2. The predicted molar refractivity (Wildman–Crippen MR) is 124 cm³/mol. The molecule has 2 aromatic rings. The number of ether oxygens (including phenoxy) is 1. The highest BCUT2D eigenvalue weighted by Crippen LogP contribution is 2.40. The lowest BCUT2D eigenvalue weighted by atomic mass is 9.95. The fourth-order valence-electron chi connectivity index (χ4n) is 4.10. The van der Waals surface area contributed by atoms with E-state index in [1.807, 2.05) is 0 Å². The van der Waals surface area contributed by atoms with Crippen LogP contribution in [0.5, 0.6) is 0 Å². The highest BCUT2D eigenvalue weighted by atomic mass is 79.9. The number of hydrogen-bond acceptors (Lipinski definition) is 7. The molecule has 0 aliphatic carbocycles. The summed E-state index contributed by atoms with van der Waals surface area (Å²) in [5.41, 5.74) is 0.531. The number of aliphatic hydroxyl groups excluding tert-OH is 1. The first kappa shape index (κ1) is 23.1. The summed E-state index contributed by atoms with van der Waals surface area (Å²) in [5, 5.41) is 22.4. The molecular weight excluding hydrogens is 494 g/mol. The molecule has 33 heavy (non-hydrogen) atoms. The molecule has 2 heterocycles. The molecule has 2 saturated heterocycles. The summed E-state index contributed by atoms with van der Waals surface area (Å²) >= 11 is 3.33. The minimum atomic E-state index is -0.936. The van der Waals surface area contributed by atoms with Gasteiger partial charge in [0.25, 0.3) is 17.4 Å². The van der Waals surface area contributed by atoms with Gasteiger partial charge in [0.15, 0.2) is 0 Å². The van der Waals surface area contributed by atoms with Gasteiger partial charge in [0.2, 0.25) is 0 Å². The Kier molecular flexibility index (Phi) is 6.87. The lowest BCUT2D eigenvalue weighted by Gasteiger charge is -2.31. The molecule has 2 aliphatic rings. The van der Waals surface area contributed by atoms with Gasteiger partial charge in [0.1, 0.15) is 5.76 Å². The number of halogens is 1. The molecule has 0 saturated carbocycles. The molecule has 4 rings (SSSR count). The highest BCUT2D eigenvalue weighted by Gasteiger charge is 2.46. The van der Waals surface area contributed by atoms with Gasteiger partial charge in [-0.1, -0.05) is 40.2 Å². The van der Waals surface area contributed by atoms with E-state index in [0.29, 0.717) is 44.0 Å². The van der Waals surface area contributed by atoms with Crippen LogP contribution in [0.15, 0.2) is 58.6 Å². The molecule has 2 aromatic carbocycles. The molecule has 10 heteroatoms. The average molecular weight is 516 g/mol. The molecule has 1 amide bonds. The normalized spacial score (nSPS) is 20.9. The first-order chi connectivity index (χ1) is 15.9. The number of nitro groups is 1. The maximum atomic E-state index is 13.1. The van der Waals surface area contributed by atoms with Crippen LogP contribution in [0.25, 0.3) is 5.76 Å². The smallest absolute Gasteiger partial charge is 0.295 e. The van der Waals surface area contributed by atoms with Crippen LogP contribution in [0.2, 0.25) is 0 Å². The van der Waals surface area contributed by atoms with Crippen molar-refractivity contribution in [2.45, 2.75) is 6.04 Å². The van der Waals surface area contributed by atoms with Gasteiger partial charge in [-0.05, 0) is 17.7 Å². The Morgan fingerprint density at radius 1 is 1.12 bits per heavy atom. The van der Waals surface area contributed by atoms with Gasteiger partial charge in [0, 0.05) is 48.3 Å². The summed E-state index contributed by atoms with van der Waals surface area (Å²) < 4.78 is 6.15. The Morgan fingerprint density at radius 2 is 1.82 bits per heavy atom. The summed E-state index contributed by atoms with van der Waals surface area (Å²) in [5.74, 6) is -1.86. The molecule has 0 radical (unpaired) electrons. The number of rotatable bonds is 6. The number of amides is 1. The average Bonchev–Trinajstić information content (AvgIpc) is 3.08. The molecule has 0 spiro atoms. The van der Waals surface area contributed by atoms with Gasteiger partial charge in [-0.25, -0.2) is 0 Å². The van der Waals surface area contributed by atoms with E-state index in [2.05, 4.69) is 20.8 Å². The number of carbonyl (C=O) groups excluding carboxylic acids is 2. The zero-order valence-electron chi connectivity index (χ0n) is 17.6. The molecule has 0 unspecified atom stereocenters. The number of nitrogens with zero attached hydrogens (tertiary/aromatic N) is 3. The van der Waals surface area contributed by atoms with Crippen molar-refractivity contribution >= 4 is 39.1 Å². The number of morpholine rings is 1. The third-order valence-electron chi connectivity index (χ3n) is 5.82. The van der Waals surface area contributed by atoms with E-state index >= 15 is 0 Å². The maximum absolute atomic E-state index is 13.1. The molecule has 1 N–H and O–H groups in total. The minimum absolute atomic E-state index is 0.0789. The van der Waals surface area contributed by atoms with Gasteiger partial charge in [-0.15, -0.1) is 0 Å². The van der Waals surface area contributed by atoms with Crippen molar-refractivity contribution in [2.75, 3.05) is 39.4 Å². The maximum Gasteiger partial charge on any atom is 0.295 e. The van der Waals surface area contributed by atoms with Gasteiger partial charge in [-0.2, -0.15) is 0 Å². The van der Waals surface area contributed by atoms with E-state index in [9.17, 15) is 24.8 Å². The lowest BCUT2D eigenvalue weighted by molar-refractivity contribution is -0.384. The zero-order chi connectivity index (χ0) is 23.5. The van der Waals surface area contributed by atoms with Gasteiger partial charge < -0.3 is 14.7 Å². The second-order valence-electron chi connectivity index (χ2n) is 7.81. The van der Waals surface area contributed by atoms with Crippen LogP contribution in [0.4, 0.5) is 5.69 Å². The van der Waals surface area contributed by atoms with Crippen molar-refractivity contribution in [2.24, 2.45) is 0 Å². The van der Waals surface area contributed by atoms with Crippen molar-refractivity contribution in [1.29, 1.82) is 0 Å². The number of benzene rings is 2. The van der Waals surface area contributed by atoms with E-state index in [1.54, 1.807) is 30.3 Å². The van der Waals surface area contributed by atoms with E-state index in [4.69, 9.17) is 4.74 Å². The summed E-state index contributed by atoms with van der Waals surface area (Å²) in [7, 11) is 0. The van der Waals surface area contributed by atoms with Crippen molar-refractivity contribution in [3.05, 3.63) is 79.8 Å². The monoisotopic (exact) mass is 515 g/mol. The van der Waals surface area contributed by atoms with Gasteiger partial charge >= 0.3 is 0 Å². The Morgan fingerprint density at radius 3 is 2.48 bits per heavy atom. The number of Topliss-reactive ketones (excluding diaryl/α,β-unsaturated/α-hetero) is 1. The molecule has 9 nitrogen and oxygen atoms in total. The van der Waals surface area contributed by atoms with Crippen LogP contribution in [-0.4, -0.2) is 70.9 Å². The van der Waals surface area contributed by atoms with Crippen molar-refractivity contribution < 1.29 is 24.4 Å². The highest BCUT2D eigenvalue weighted by molar-refractivity contribution is 9.10. The summed E-state index contributed by atoms with van der Waals surface area (Å²) in [6.45, 7) is 3.36. The number of nitro benzene ring substituents is 1. The number of carbonyl (C=O) groups is 2. The van der Waals surface area contributed by atoms with Crippen molar-refractivity contribution in [3.63, 3.8) is 0 Å². The second kappa shape index (κ2) is 9.82. The molecule has 2 aliphatic heterocycles. The van der Waals surface area contributed by atoms with Crippen LogP contribution in [0.1, 0.15) is 17.2 Å². The lowest BCUT2D eigenvalue weighted by Crippen LogP contribution is -2.42. The van der Waals surface area contributed by atoms with Crippen LogP contribution in [0, 0.1) is 10.1 Å². The Bertz CT molecular complexity index is 1110. The fourth-order valence-corrected chi connectivity index (χ4v) is 4.37. The quantitative estimate of drug-likeness (QED) is 0.206. The van der Waals surface area contributed by atoms with E-state index in [-0.39, 0.29) is 23.6 Å². The van der Waals surface area contributed by atoms with Gasteiger partial charge in [-0.3, -0.25) is 24.6 Å². The standard InChI is InChI=1S/C23H22BrN3O6/c24-17-6-4-15(5-7-17)21(28)19-20(16-2-1-3-18(14-16)27(31)32)26(23(30)22(19)29)9-8-25-10-12-33-13-11-25/h1-7,14,20,28H,8-13H2/b21-19+/t20-/m1/s1. The molecule has 0 bridgehead atoms. The number of non-ortho nitro benzene ring substituents is 1. The summed E-state index contributed by atoms with van der Waals surface area (Å²) in [6.07, 6.45) is 0. The van der Waals surface area contributed by atoms with Crippen molar-refractivity contribution in [1.82, 2.24) is 9.80 Å². The molecular formula is C23H22BrN3O6. The number of hydrogen-bond donors (Lipinski definition) is 1. The Hall–Kier alpha value is -3.08. The Labute approximate surface area is 198 Å². The largest absolute Gasteiger partial charge is 0.507 e. The summed E-state index contributed by atoms with van der Waals surface area (Å²) in [6, 6.07) is 11.6. The molecule has 1 atom stereocenters. The van der Waals surface area contributed by atoms with Crippen LogP contribution >= 0.6 is 15.9 Å². The molecule has 0 aromatic heterocycles. The Balaban J connectivity index is 1.77. The second-order valence-corrected chi connectivity index (χ2v) is 8.72. The minimum Gasteiger partial charge on any atom is -0.507 e. The predicted octanol–water partition coefficient (Wildman–Crippen LogP) is 3.11. The van der Waals surface area contributed by atoms with Crippen LogP contribution < -0.4 is 0 Å². The van der Waals surface area contributed by atoms with E-state index in [1.165, 1.54) is 23.1 Å². The summed E-state index contributed by atoms with van der Waals surface area (Å²) in [4.78, 5) is 40.4. The van der Waals surface area contributed by atoms with Crippen LogP contribution in [-0.2, 0) is 14.3 Å². The van der Waals surface area contributed by atoms with Gasteiger partial charge in [0.05, 0.1) is 29.8 Å². The van der Waals surface area contributed by atoms with E-state index < -0.39 is 22.7 Å². The van der Waals surface area contributed by atoms with Crippen LogP contribution in [0.3, 0.4) is 0 Å². The SMILES string of the molecule is O=C1C(=O)N(CCN2CCOCC2)[C@H](c2cccc([N+](=O)[O-])c2)/C1=C(\O)c1ccc(Br)cc1. The fraction of sp³-hybridized carbons (Fsp3) is 0.304.